The quantitative estimate of drug-likeness (QED) is 0.877. The minimum Gasteiger partial charge on any atom is -0.487 e. The molecule has 1 unspecified atom stereocenters. The van der Waals surface area contributed by atoms with Crippen molar-refractivity contribution in [3.63, 3.8) is 0 Å². The summed E-state index contributed by atoms with van der Waals surface area (Å²) in [7, 11) is 0. The second kappa shape index (κ2) is 3.97. The highest BCUT2D eigenvalue weighted by molar-refractivity contribution is 5.68. The van der Waals surface area contributed by atoms with E-state index in [9.17, 15) is 9.18 Å². The van der Waals surface area contributed by atoms with Gasteiger partial charge in [-0.05, 0) is 43.9 Å². The maximum Gasteiger partial charge on any atom is 0.303 e. The molecule has 4 heteroatoms. The standard InChI is InChI=1S/C14H15FO3/c15-10-2-3-12-11(7-10)9(6-13(16)17)8-14(18-12)4-1-5-14/h2-3,7,9H,1,4-6,8H2,(H,16,17). The third-order valence-corrected chi connectivity index (χ3v) is 4.04. The van der Waals surface area contributed by atoms with Crippen molar-refractivity contribution in [1.82, 2.24) is 0 Å². The van der Waals surface area contributed by atoms with Crippen LogP contribution in [-0.4, -0.2) is 16.7 Å². The van der Waals surface area contributed by atoms with Crippen LogP contribution in [0.15, 0.2) is 18.2 Å². The molecule has 3 rings (SSSR count). The maximum absolute atomic E-state index is 13.3. The first kappa shape index (κ1) is 11.5. The molecule has 0 radical (unpaired) electrons. The number of hydrogen-bond donors (Lipinski definition) is 1. The molecule has 1 spiro atoms. The van der Waals surface area contributed by atoms with E-state index < -0.39 is 5.97 Å². The van der Waals surface area contributed by atoms with E-state index in [1.54, 1.807) is 6.07 Å². The van der Waals surface area contributed by atoms with Crippen molar-refractivity contribution in [1.29, 1.82) is 0 Å². The highest BCUT2D eigenvalue weighted by Crippen LogP contribution is 2.50. The number of halogens is 1. The van der Waals surface area contributed by atoms with Crippen molar-refractivity contribution in [2.45, 2.75) is 43.6 Å². The van der Waals surface area contributed by atoms with Crippen LogP contribution in [0.2, 0.25) is 0 Å². The molecule has 1 fully saturated rings. The molecule has 3 nitrogen and oxygen atoms in total. The number of aliphatic carboxylic acids is 1. The predicted octanol–water partition coefficient (Wildman–Crippen LogP) is 3.09. The van der Waals surface area contributed by atoms with E-state index in [-0.39, 0.29) is 23.8 Å². The highest BCUT2D eigenvalue weighted by Gasteiger charge is 2.45. The van der Waals surface area contributed by atoms with E-state index >= 15 is 0 Å². The number of fused-ring (bicyclic) bond motifs is 1. The summed E-state index contributed by atoms with van der Waals surface area (Å²) in [6, 6.07) is 4.40. The summed E-state index contributed by atoms with van der Waals surface area (Å²) in [4.78, 5) is 10.9. The van der Waals surface area contributed by atoms with Gasteiger partial charge in [0.05, 0.1) is 6.42 Å². The van der Waals surface area contributed by atoms with Crippen LogP contribution in [-0.2, 0) is 4.79 Å². The number of rotatable bonds is 2. The second-order valence-corrected chi connectivity index (χ2v) is 5.32. The molecule has 0 saturated heterocycles. The third-order valence-electron chi connectivity index (χ3n) is 4.04. The smallest absolute Gasteiger partial charge is 0.303 e. The Hall–Kier alpha value is -1.58. The minimum atomic E-state index is -0.841. The molecule has 0 aromatic heterocycles. The number of benzene rings is 1. The van der Waals surface area contributed by atoms with Gasteiger partial charge in [-0.2, -0.15) is 0 Å². The van der Waals surface area contributed by atoms with Crippen LogP contribution in [0, 0.1) is 5.82 Å². The first-order valence-corrected chi connectivity index (χ1v) is 6.28. The summed E-state index contributed by atoms with van der Waals surface area (Å²) in [5.74, 6) is -0.653. The lowest BCUT2D eigenvalue weighted by atomic mass is 9.70. The van der Waals surface area contributed by atoms with E-state index in [1.165, 1.54) is 12.1 Å². The van der Waals surface area contributed by atoms with Crippen LogP contribution in [0.5, 0.6) is 5.75 Å². The Morgan fingerprint density at radius 2 is 2.28 bits per heavy atom. The molecule has 1 aromatic carbocycles. The second-order valence-electron chi connectivity index (χ2n) is 5.32. The Balaban J connectivity index is 1.97. The van der Waals surface area contributed by atoms with Crippen LogP contribution in [0.1, 0.15) is 43.6 Å². The molecule has 0 bridgehead atoms. The Kier molecular flexibility index (Phi) is 2.54. The fourth-order valence-electron chi connectivity index (χ4n) is 3.04. The van der Waals surface area contributed by atoms with Gasteiger partial charge in [-0.3, -0.25) is 4.79 Å². The van der Waals surface area contributed by atoms with Gasteiger partial charge in [-0.15, -0.1) is 0 Å². The van der Waals surface area contributed by atoms with Crippen molar-refractivity contribution in [3.8, 4) is 5.75 Å². The Bertz CT molecular complexity index is 494. The van der Waals surface area contributed by atoms with Gasteiger partial charge in [0.1, 0.15) is 17.2 Å². The van der Waals surface area contributed by atoms with E-state index in [0.717, 1.165) is 19.3 Å². The Morgan fingerprint density at radius 3 is 2.89 bits per heavy atom. The molecule has 1 aromatic rings. The zero-order valence-corrected chi connectivity index (χ0v) is 9.99. The molecule has 1 heterocycles. The van der Waals surface area contributed by atoms with Crippen LogP contribution in [0.4, 0.5) is 4.39 Å². The van der Waals surface area contributed by atoms with Crippen LogP contribution in [0.3, 0.4) is 0 Å². The average molecular weight is 250 g/mol. The highest BCUT2D eigenvalue weighted by atomic mass is 19.1. The van der Waals surface area contributed by atoms with Crippen molar-refractivity contribution >= 4 is 5.97 Å². The molecule has 1 atom stereocenters. The Labute approximate surface area is 105 Å². The first-order valence-electron chi connectivity index (χ1n) is 6.28. The minimum absolute atomic E-state index is 0.0432. The summed E-state index contributed by atoms with van der Waals surface area (Å²) in [5, 5.41) is 8.99. The molecular weight excluding hydrogens is 235 g/mol. The number of carboxylic acids is 1. The molecule has 1 saturated carbocycles. The van der Waals surface area contributed by atoms with E-state index in [4.69, 9.17) is 9.84 Å². The molecule has 0 amide bonds. The van der Waals surface area contributed by atoms with Crippen molar-refractivity contribution in [2.75, 3.05) is 0 Å². The van der Waals surface area contributed by atoms with Gasteiger partial charge in [-0.25, -0.2) is 4.39 Å². The summed E-state index contributed by atoms with van der Waals surface area (Å²) >= 11 is 0. The molecule has 1 aliphatic heterocycles. The normalized spacial score (nSPS) is 23.9. The Morgan fingerprint density at radius 1 is 1.50 bits per heavy atom. The number of hydrogen-bond acceptors (Lipinski definition) is 2. The zero-order valence-electron chi connectivity index (χ0n) is 9.99. The molecular formula is C14H15FO3. The van der Waals surface area contributed by atoms with Crippen molar-refractivity contribution in [3.05, 3.63) is 29.6 Å². The third kappa shape index (κ3) is 1.85. The first-order chi connectivity index (χ1) is 8.58. The van der Waals surface area contributed by atoms with Crippen molar-refractivity contribution in [2.24, 2.45) is 0 Å². The fourth-order valence-corrected chi connectivity index (χ4v) is 3.04. The maximum atomic E-state index is 13.3. The summed E-state index contributed by atoms with van der Waals surface area (Å²) in [6.07, 6.45) is 3.80. The predicted molar refractivity (Wildman–Crippen MR) is 63.2 cm³/mol. The summed E-state index contributed by atoms with van der Waals surface area (Å²) in [5.41, 5.74) is 0.514. The molecule has 1 N–H and O–H groups in total. The van der Waals surface area contributed by atoms with E-state index in [2.05, 4.69) is 0 Å². The lowest BCUT2D eigenvalue weighted by Crippen LogP contribution is -2.47. The van der Waals surface area contributed by atoms with Crippen LogP contribution in [0.25, 0.3) is 0 Å². The number of ether oxygens (including phenoxy) is 1. The lowest BCUT2D eigenvalue weighted by Gasteiger charge is -2.47. The summed E-state index contributed by atoms with van der Waals surface area (Å²) in [6.45, 7) is 0. The van der Waals surface area contributed by atoms with Crippen molar-refractivity contribution < 1.29 is 19.0 Å². The van der Waals surface area contributed by atoms with Gasteiger partial charge in [0, 0.05) is 11.5 Å². The summed E-state index contributed by atoms with van der Waals surface area (Å²) < 4.78 is 19.3. The average Bonchev–Trinajstić information content (AvgIpc) is 2.27. The number of carbonyl (C=O) groups is 1. The van der Waals surface area contributed by atoms with Crippen LogP contribution < -0.4 is 4.74 Å². The van der Waals surface area contributed by atoms with E-state index in [0.29, 0.717) is 17.7 Å². The van der Waals surface area contributed by atoms with Gasteiger partial charge in [0.25, 0.3) is 0 Å². The topological polar surface area (TPSA) is 46.5 Å². The van der Waals surface area contributed by atoms with Gasteiger partial charge < -0.3 is 9.84 Å². The molecule has 1 aliphatic carbocycles. The van der Waals surface area contributed by atoms with Crippen LogP contribution >= 0.6 is 0 Å². The zero-order chi connectivity index (χ0) is 12.8. The molecule has 2 aliphatic rings. The molecule has 96 valence electrons. The van der Waals surface area contributed by atoms with Gasteiger partial charge in [-0.1, -0.05) is 0 Å². The van der Waals surface area contributed by atoms with E-state index in [1.807, 2.05) is 0 Å². The largest absolute Gasteiger partial charge is 0.487 e. The van der Waals surface area contributed by atoms with Gasteiger partial charge >= 0.3 is 5.97 Å². The SMILES string of the molecule is O=C(O)CC1CC2(CCC2)Oc2ccc(F)cc21. The van der Waals surface area contributed by atoms with Gasteiger partial charge in [0.2, 0.25) is 0 Å². The lowest BCUT2D eigenvalue weighted by molar-refractivity contribution is -0.138. The monoisotopic (exact) mass is 250 g/mol. The van der Waals surface area contributed by atoms with Gasteiger partial charge in [0.15, 0.2) is 0 Å². The number of carboxylic acid groups (broad SMARTS) is 1. The molecule has 18 heavy (non-hydrogen) atoms. The fraction of sp³-hybridized carbons (Fsp3) is 0.500.